The molecule has 0 spiro atoms. The second kappa shape index (κ2) is 6.22. The lowest BCUT2D eigenvalue weighted by atomic mass is 9.93. The number of carboxylic acid groups (broad SMARTS) is 1. The van der Waals surface area contributed by atoms with Crippen LogP contribution in [0.3, 0.4) is 0 Å². The normalized spacial score (nSPS) is 14.5. The lowest BCUT2D eigenvalue weighted by Crippen LogP contribution is -2.45. The van der Waals surface area contributed by atoms with Crippen LogP contribution in [-0.4, -0.2) is 29.7 Å². The quantitative estimate of drug-likeness (QED) is 0.756. The van der Waals surface area contributed by atoms with E-state index < -0.39 is 5.97 Å². The molecule has 5 nitrogen and oxygen atoms in total. The third-order valence-corrected chi connectivity index (χ3v) is 3.34. The van der Waals surface area contributed by atoms with Crippen LogP contribution in [0.5, 0.6) is 0 Å². The first-order chi connectivity index (χ1) is 9.15. The largest absolute Gasteiger partial charge is 0.478 e. The molecule has 2 rings (SSSR count). The van der Waals surface area contributed by atoms with E-state index in [1.165, 1.54) is 6.42 Å². The zero-order valence-electron chi connectivity index (χ0n) is 10.7. The molecule has 19 heavy (non-hydrogen) atoms. The second-order valence-electron chi connectivity index (χ2n) is 4.78. The zero-order chi connectivity index (χ0) is 13.7. The van der Waals surface area contributed by atoms with Crippen LogP contribution in [0.15, 0.2) is 24.3 Å². The number of hydrogen-bond acceptors (Lipinski definition) is 2. The van der Waals surface area contributed by atoms with E-state index in [9.17, 15) is 9.59 Å². The smallest absolute Gasteiger partial charge is 0.335 e. The van der Waals surface area contributed by atoms with Gasteiger partial charge in [0, 0.05) is 12.6 Å². The fraction of sp³-hybridized carbons (Fsp3) is 0.429. The van der Waals surface area contributed by atoms with Crippen molar-refractivity contribution in [3.05, 3.63) is 35.4 Å². The molecular formula is C14H18N2O3. The standard InChI is InChI=1S/C14H18N2O3/c17-13(18)11-6-4-10(5-7-11)8-9-15-14(19)16-12-2-1-3-12/h4-7,12H,1-3,8-9H2,(H,17,18)(H2,15,16,19). The van der Waals surface area contributed by atoms with E-state index in [2.05, 4.69) is 10.6 Å². The van der Waals surface area contributed by atoms with Crippen LogP contribution < -0.4 is 10.6 Å². The summed E-state index contributed by atoms with van der Waals surface area (Å²) in [5.41, 5.74) is 1.29. The predicted molar refractivity (Wildman–Crippen MR) is 71.3 cm³/mol. The first-order valence-electron chi connectivity index (χ1n) is 6.52. The Morgan fingerprint density at radius 3 is 2.42 bits per heavy atom. The minimum Gasteiger partial charge on any atom is -0.478 e. The highest BCUT2D eigenvalue weighted by Gasteiger charge is 2.18. The molecule has 3 N–H and O–H groups in total. The summed E-state index contributed by atoms with van der Waals surface area (Å²) >= 11 is 0. The summed E-state index contributed by atoms with van der Waals surface area (Å²) in [6, 6.07) is 6.92. The Hall–Kier alpha value is -2.04. The summed E-state index contributed by atoms with van der Waals surface area (Å²) in [5, 5.41) is 14.5. The van der Waals surface area contributed by atoms with Crippen molar-refractivity contribution in [2.45, 2.75) is 31.7 Å². The molecule has 0 radical (unpaired) electrons. The molecule has 102 valence electrons. The molecule has 0 aliphatic heterocycles. The number of hydrogen-bond donors (Lipinski definition) is 3. The van der Waals surface area contributed by atoms with Crippen molar-refractivity contribution in [1.29, 1.82) is 0 Å². The maximum absolute atomic E-state index is 11.5. The number of benzene rings is 1. The van der Waals surface area contributed by atoms with Gasteiger partial charge in [0.25, 0.3) is 0 Å². The van der Waals surface area contributed by atoms with Crippen molar-refractivity contribution in [3.8, 4) is 0 Å². The van der Waals surface area contributed by atoms with Crippen molar-refractivity contribution in [3.63, 3.8) is 0 Å². The summed E-state index contributed by atoms with van der Waals surface area (Å²) in [5.74, 6) is -0.926. The summed E-state index contributed by atoms with van der Waals surface area (Å²) in [6.45, 7) is 0.547. The van der Waals surface area contributed by atoms with E-state index >= 15 is 0 Å². The highest BCUT2D eigenvalue weighted by Crippen LogP contribution is 2.17. The highest BCUT2D eigenvalue weighted by molar-refractivity contribution is 5.87. The summed E-state index contributed by atoms with van der Waals surface area (Å²) in [6.07, 6.45) is 4.03. The topological polar surface area (TPSA) is 78.4 Å². The van der Waals surface area contributed by atoms with Gasteiger partial charge in [0.1, 0.15) is 0 Å². The number of amides is 2. The minimum atomic E-state index is -0.926. The van der Waals surface area contributed by atoms with Crippen molar-refractivity contribution < 1.29 is 14.7 Å². The van der Waals surface area contributed by atoms with Crippen LogP contribution >= 0.6 is 0 Å². The zero-order valence-corrected chi connectivity index (χ0v) is 10.7. The first-order valence-corrected chi connectivity index (χ1v) is 6.52. The maximum atomic E-state index is 11.5. The monoisotopic (exact) mass is 262 g/mol. The van der Waals surface area contributed by atoms with E-state index in [1.807, 2.05) is 0 Å². The number of carboxylic acids is 1. The number of nitrogens with one attached hydrogen (secondary N) is 2. The van der Waals surface area contributed by atoms with Gasteiger partial charge in [-0.25, -0.2) is 9.59 Å². The van der Waals surface area contributed by atoms with Gasteiger partial charge in [-0.2, -0.15) is 0 Å². The number of rotatable bonds is 5. The van der Waals surface area contributed by atoms with E-state index in [0.29, 0.717) is 19.0 Å². The average molecular weight is 262 g/mol. The molecule has 0 unspecified atom stereocenters. The SMILES string of the molecule is O=C(NCCc1ccc(C(=O)O)cc1)NC1CCC1. The molecule has 5 heteroatoms. The van der Waals surface area contributed by atoms with Gasteiger partial charge in [0.15, 0.2) is 0 Å². The van der Waals surface area contributed by atoms with Gasteiger partial charge in [-0.15, -0.1) is 0 Å². The average Bonchev–Trinajstić information content (AvgIpc) is 2.34. The summed E-state index contributed by atoms with van der Waals surface area (Å²) < 4.78 is 0. The Bertz CT molecular complexity index is 452. The summed E-state index contributed by atoms with van der Waals surface area (Å²) in [7, 11) is 0. The van der Waals surface area contributed by atoms with Crippen LogP contribution in [0.25, 0.3) is 0 Å². The summed E-state index contributed by atoms with van der Waals surface area (Å²) in [4.78, 5) is 22.2. The van der Waals surface area contributed by atoms with Crippen molar-refractivity contribution in [1.82, 2.24) is 10.6 Å². The lowest BCUT2D eigenvalue weighted by molar-refractivity contribution is 0.0697. The molecule has 1 saturated carbocycles. The third kappa shape index (κ3) is 3.98. The molecule has 1 aromatic rings. The molecule has 0 atom stereocenters. The molecule has 0 saturated heterocycles. The fourth-order valence-corrected chi connectivity index (χ4v) is 1.92. The Morgan fingerprint density at radius 1 is 1.21 bits per heavy atom. The minimum absolute atomic E-state index is 0.119. The molecule has 0 heterocycles. The van der Waals surface area contributed by atoms with Crippen molar-refractivity contribution in [2.75, 3.05) is 6.54 Å². The number of aromatic carboxylic acids is 1. The van der Waals surface area contributed by atoms with Gasteiger partial charge < -0.3 is 15.7 Å². The Morgan fingerprint density at radius 2 is 1.89 bits per heavy atom. The maximum Gasteiger partial charge on any atom is 0.335 e. The predicted octanol–water partition coefficient (Wildman–Crippen LogP) is 1.78. The number of carbonyl (C=O) groups is 2. The first kappa shape index (κ1) is 13.4. The van der Waals surface area contributed by atoms with Gasteiger partial charge >= 0.3 is 12.0 Å². The number of urea groups is 1. The third-order valence-electron chi connectivity index (χ3n) is 3.34. The Balaban J connectivity index is 1.69. The molecule has 1 aliphatic carbocycles. The van der Waals surface area contributed by atoms with Gasteiger partial charge in [-0.1, -0.05) is 12.1 Å². The molecule has 1 aliphatic rings. The molecule has 1 aromatic carbocycles. The van der Waals surface area contributed by atoms with Gasteiger partial charge in [0.2, 0.25) is 0 Å². The van der Waals surface area contributed by atoms with E-state index in [4.69, 9.17) is 5.11 Å². The van der Waals surface area contributed by atoms with Gasteiger partial charge in [0.05, 0.1) is 5.56 Å². The molecule has 0 bridgehead atoms. The van der Waals surface area contributed by atoms with E-state index in [0.717, 1.165) is 18.4 Å². The molecule has 0 aromatic heterocycles. The van der Waals surface area contributed by atoms with Gasteiger partial charge in [-0.05, 0) is 43.4 Å². The van der Waals surface area contributed by atoms with Crippen LogP contribution in [0.4, 0.5) is 4.79 Å². The van der Waals surface area contributed by atoms with Crippen molar-refractivity contribution in [2.24, 2.45) is 0 Å². The van der Waals surface area contributed by atoms with Crippen molar-refractivity contribution >= 4 is 12.0 Å². The van der Waals surface area contributed by atoms with E-state index in [-0.39, 0.29) is 11.6 Å². The van der Waals surface area contributed by atoms with Crippen LogP contribution in [0, 0.1) is 0 Å². The second-order valence-corrected chi connectivity index (χ2v) is 4.78. The molecule has 1 fully saturated rings. The molecule has 2 amide bonds. The highest BCUT2D eigenvalue weighted by atomic mass is 16.4. The van der Waals surface area contributed by atoms with Crippen LogP contribution in [0.2, 0.25) is 0 Å². The number of carbonyl (C=O) groups excluding carboxylic acids is 1. The molecular weight excluding hydrogens is 244 g/mol. The van der Waals surface area contributed by atoms with Crippen LogP contribution in [-0.2, 0) is 6.42 Å². The fourth-order valence-electron chi connectivity index (χ4n) is 1.92. The van der Waals surface area contributed by atoms with Gasteiger partial charge in [-0.3, -0.25) is 0 Å². The van der Waals surface area contributed by atoms with E-state index in [1.54, 1.807) is 24.3 Å². The lowest BCUT2D eigenvalue weighted by Gasteiger charge is -2.26. The van der Waals surface area contributed by atoms with Crippen LogP contribution in [0.1, 0.15) is 35.2 Å². The Kier molecular flexibility index (Phi) is 4.39. The Labute approximate surface area is 112 Å².